The van der Waals surface area contributed by atoms with Crippen LogP contribution in [-0.4, -0.2) is 17.3 Å². The second kappa shape index (κ2) is 4.85. The van der Waals surface area contributed by atoms with E-state index in [9.17, 15) is 4.79 Å². The largest absolute Gasteiger partial charge is 0.352 e. The van der Waals surface area contributed by atoms with Gasteiger partial charge < -0.3 is 5.32 Å². The van der Waals surface area contributed by atoms with E-state index in [1.807, 2.05) is 0 Å². The summed E-state index contributed by atoms with van der Waals surface area (Å²) in [6.45, 7) is 2.09. The Morgan fingerprint density at radius 2 is 2.33 bits per heavy atom. The maximum absolute atomic E-state index is 11.4. The van der Waals surface area contributed by atoms with Gasteiger partial charge in [0.25, 0.3) is 0 Å². The molecule has 0 aromatic carbocycles. The third kappa shape index (κ3) is 2.47. The molecular formula is C9H16BrNO. The molecule has 1 fully saturated rings. The van der Waals surface area contributed by atoms with E-state index in [-0.39, 0.29) is 5.91 Å². The highest BCUT2D eigenvalue weighted by Gasteiger charge is 2.26. The molecule has 1 amide bonds. The van der Waals surface area contributed by atoms with Gasteiger partial charge in [-0.25, -0.2) is 0 Å². The van der Waals surface area contributed by atoms with Crippen molar-refractivity contribution in [3.8, 4) is 0 Å². The molecule has 1 N–H and O–H groups in total. The Morgan fingerprint density at radius 1 is 1.67 bits per heavy atom. The molecule has 0 saturated heterocycles. The summed E-state index contributed by atoms with van der Waals surface area (Å²) in [6, 6.07) is 0.318. The molecule has 0 bridgehead atoms. The van der Waals surface area contributed by atoms with Crippen LogP contribution in [0.25, 0.3) is 0 Å². The van der Waals surface area contributed by atoms with Gasteiger partial charge in [0.2, 0.25) is 5.91 Å². The molecule has 0 heterocycles. The second-order valence-electron chi connectivity index (χ2n) is 3.40. The molecule has 1 atom stereocenters. The summed E-state index contributed by atoms with van der Waals surface area (Å²) >= 11 is 3.38. The van der Waals surface area contributed by atoms with E-state index < -0.39 is 0 Å². The summed E-state index contributed by atoms with van der Waals surface area (Å²) in [5, 5.41) is 3.90. The Hall–Kier alpha value is -0.0500. The number of rotatable bonds is 4. The first-order valence-electron chi connectivity index (χ1n) is 4.64. The van der Waals surface area contributed by atoms with Gasteiger partial charge in [-0.2, -0.15) is 0 Å². The third-order valence-electron chi connectivity index (χ3n) is 2.50. The zero-order valence-corrected chi connectivity index (χ0v) is 9.06. The summed E-state index contributed by atoms with van der Waals surface area (Å²) in [6.07, 6.45) is 4.40. The average Bonchev–Trinajstić information content (AvgIpc) is 1.96. The fraction of sp³-hybridized carbons (Fsp3) is 0.889. The van der Waals surface area contributed by atoms with Crippen LogP contribution in [0.5, 0.6) is 0 Å². The van der Waals surface area contributed by atoms with Crippen LogP contribution in [0, 0.1) is 5.92 Å². The minimum absolute atomic E-state index is 0.257. The van der Waals surface area contributed by atoms with Crippen LogP contribution in [0.1, 0.15) is 32.6 Å². The lowest BCUT2D eigenvalue weighted by atomic mass is 9.84. The molecule has 0 radical (unpaired) electrons. The standard InChI is InChI=1S/C9H16BrNO/c1-2-8(6-10)11-9(12)7-4-3-5-7/h7-8H,2-6H2,1H3,(H,11,12). The Kier molecular flexibility index (Phi) is 4.06. The molecule has 1 saturated carbocycles. The van der Waals surface area contributed by atoms with Crippen LogP contribution in [0.4, 0.5) is 0 Å². The first kappa shape index (κ1) is 10.0. The van der Waals surface area contributed by atoms with E-state index in [1.165, 1.54) is 6.42 Å². The van der Waals surface area contributed by atoms with E-state index in [0.29, 0.717) is 12.0 Å². The summed E-state index contributed by atoms with van der Waals surface area (Å²) in [5.74, 6) is 0.575. The smallest absolute Gasteiger partial charge is 0.223 e. The van der Waals surface area contributed by atoms with Crippen molar-refractivity contribution in [3.05, 3.63) is 0 Å². The number of hydrogen-bond donors (Lipinski definition) is 1. The van der Waals surface area contributed by atoms with Crippen LogP contribution in [-0.2, 0) is 4.79 Å². The second-order valence-corrected chi connectivity index (χ2v) is 4.04. The van der Waals surface area contributed by atoms with Crippen molar-refractivity contribution in [1.29, 1.82) is 0 Å². The van der Waals surface area contributed by atoms with E-state index in [1.54, 1.807) is 0 Å². The number of carbonyl (C=O) groups is 1. The molecule has 1 rings (SSSR count). The molecule has 70 valence electrons. The molecule has 0 spiro atoms. The molecule has 0 aromatic heterocycles. The van der Waals surface area contributed by atoms with Crippen LogP contribution >= 0.6 is 15.9 Å². The van der Waals surface area contributed by atoms with Gasteiger partial charge in [0.05, 0.1) is 0 Å². The fourth-order valence-electron chi connectivity index (χ4n) is 1.24. The molecule has 1 aliphatic carbocycles. The van der Waals surface area contributed by atoms with Crippen LogP contribution in [0.3, 0.4) is 0 Å². The summed E-state index contributed by atoms with van der Waals surface area (Å²) in [7, 11) is 0. The number of carbonyl (C=O) groups excluding carboxylic acids is 1. The Labute approximate surface area is 82.2 Å². The van der Waals surface area contributed by atoms with Gasteiger partial charge in [-0.3, -0.25) is 4.79 Å². The Bertz CT molecular complexity index is 153. The van der Waals surface area contributed by atoms with Gasteiger partial charge in [-0.05, 0) is 19.3 Å². The van der Waals surface area contributed by atoms with Gasteiger partial charge in [-0.1, -0.05) is 29.3 Å². The third-order valence-corrected chi connectivity index (χ3v) is 3.28. The van der Waals surface area contributed by atoms with Crippen molar-refractivity contribution in [3.63, 3.8) is 0 Å². The van der Waals surface area contributed by atoms with Gasteiger partial charge in [0.1, 0.15) is 0 Å². The SMILES string of the molecule is CCC(CBr)NC(=O)C1CCC1. The lowest BCUT2D eigenvalue weighted by Gasteiger charge is -2.26. The molecule has 3 heteroatoms. The molecule has 0 aliphatic heterocycles. The van der Waals surface area contributed by atoms with Crippen molar-refractivity contribution in [1.82, 2.24) is 5.32 Å². The topological polar surface area (TPSA) is 29.1 Å². The summed E-state index contributed by atoms with van der Waals surface area (Å²) in [5.41, 5.74) is 0. The maximum Gasteiger partial charge on any atom is 0.223 e. The van der Waals surface area contributed by atoms with Crippen LogP contribution < -0.4 is 5.32 Å². The summed E-state index contributed by atoms with van der Waals surface area (Å²) < 4.78 is 0. The minimum atomic E-state index is 0.257. The van der Waals surface area contributed by atoms with E-state index in [0.717, 1.165) is 24.6 Å². The number of halogens is 1. The van der Waals surface area contributed by atoms with Crippen molar-refractivity contribution >= 4 is 21.8 Å². The van der Waals surface area contributed by atoms with E-state index >= 15 is 0 Å². The zero-order valence-electron chi connectivity index (χ0n) is 7.48. The number of hydrogen-bond acceptors (Lipinski definition) is 1. The predicted octanol–water partition coefficient (Wildman–Crippen LogP) is 2.08. The average molecular weight is 234 g/mol. The molecule has 2 nitrogen and oxygen atoms in total. The lowest BCUT2D eigenvalue weighted by molar-refractivity contribution is -0.127. The van der Waals surface area contributed by atoms with Crippen molar-refractivity contribution < 1.29 is 4.79 Å². The van der Waals surface area contributed by atoms with Gasteiger partial charge in [0.15, 0.2) is 0 Å². The number of alkyl halides is 1. The first-order chi connectivity index (χ1) is 5.77. The van der Waals surface area contributed by atoms with E-state index in [2.05, 4.69) is 28.2 Å². The molecule has 12 heavy (non-hydrogen) atoms. The van der Waals surface area contributed by atoms with Gasteiger partial charge in [-0.15, -0.1) is 0 Å². The first-order valence-corrected chi connectivity index (χ1v) is 5.76. The zero-order chi connectivity index (χ0) is 8.97. The van der Waals surface area contributed by atoms with E-state index in [4.69, 9.17) is 0 Å². The van der Waals surface area contributed by atoms with Crippen LogP contribution in [0.2, 0.25) is 0 Å². The maximum atomic E-state index is 11.4. The van der Waals surface area contributed by atoms with Crippen LogP contribution in [0.15, 0.2) is 0 Å². The monoisotopic (exact) mass is 233 g/mol. The molecule has 0 aromatic rings. The molecular weight excluding hydrogens is 218 g/mol. The normalized spacial score (nSPS) is 19.8. The van der Waals surface area contributed by atoms with Crippen molar-refractivity contribution in [2.45, 2.75) is 38.6 Å². The Balaban J connectivity index is 2.23. The fourth-order valence-corrected chi connectivity index (χ4v) is 1.86. The number of nitrogens with one attached hydrogen (secondary N) is 1. The highest BCUT2D eigenvalue weighted by molar-refractivity contribution is 9.09. The molecule has 1 aliphatic rings. The van der Waals surface area contributed by atoms with Gasteiger partial charge >= 0.3 is 0 Å². The predicted molar refractivity (Wildman–Crippen MR) is 53.4 cm³/mol. The minimum Gasteiger partial charge on any atom is -0.352 e. The van der Waals surface area contributed by atoms with Crippen molar-refractivity contribution in [2.24, 2.45) is 5.92 Å². The van der Waals surface area contributed by atoms with Gasteiger partial charge in [0, 0.05) is 17.3 Å². The highest BCUT2D eigenvalue weighted by atomic mass is 79.9. The quantitative estimate of drug-likeness (QED) is 0.741. The Morgan fingerprint density at radius 3 is 2.67 bits per heavy atom. The van der Waals surface area contributed by atoms with Crippen molar-refractivity contribution in [2.75, 3.05) is 5.33 Å². The number of amides is 1. The lowest BCUT2D eigenvalue weighted by Crippen LogP contribution is -2.41. The molecule has 1 unspecified atom stereocenters. The summed E-state index contributed by atoms with van der Waals surface area (Å²) in [4.78, 5) is 11.4. The highest BCUT2D eigenvalue weighted by Crippen LogP contribution is 2.26.